The monoisotopic (exact) mass is 501 g/mol. The molecule has 0 saturated heterocycles. The summed E-state index contributed by atoms with van der Waals surface area (Å²) >= 11 is 0. The second kappa shape index (κ2) is 10.2. The Morgan fingerprint density at radius 2 is 1.51 bits per heavy atom. The lowest BCUT2D eigenvalue weighted by atomic mass is 10.1. The van der Waals surface area contributed by atoms with Crippen LogP contribution in [0.2, 0.25) is 0 Å². The highest BCUT2D eigenvalue weighted by Gasteiger charge is 2.39. The summed E-state index contributed by atoms with van der Waals surface area (Å²) in [4.78, 5) is 0.949. The van der Waals surface area contributed by atoms with Crippen LogP contribution in [0.1, 0.15) is 22.3 Å². The minimum Gasteiger partial charge on any atom is -0.457 e. The first kappa shape index (κ1) is 26.3. The van der Waals surface area contributed by atoms with Gasteiger partial charge in [-0.3, -0.25) is 0 Å². The van der Waals surface area contributed by atoms with E-state index in [1.165, 1.54) is 18.2 Å². The highest BCUT2D eigenvalue weighted by atomic mass is 19.4. The van der Waals surface area contributed by atoms with Crippen LogP contribution in [0.4, 0.5) is 36.4 Å². The first-order valence-corrected chi connectivity index (χ1v) is 10.4. The summed E-state index contributed by atoms with van der Waals surface area (Å²) in [5.41, 5.74) is 0.316. The van der Waals surface area contributed by atoms with E-state index >= 15 is 0 Å². The molecule has 3 rings (SSSR count). The molecule has 0 amide bonds. The zero-order valence-corrected chi connectivity index (χ0v) is 18.7. The van der Waals surface area contributed by atoms with Gasteiger partial charge in [-0.15, -0.1) is 0 Å². The van der Waals surface area contributed by atoms with Gasteiger partial charge in [0, 0.05) is 23.9 Å². The van der Waals surface area contributed by atoms with Crippen LogP contribution in [0.3, 0.4) is 0 Å². The molecule has 1 unspecified atom stereocenters. The minimum atomic E-state index is -4.99. The molecule has 0 aliphatic carbocycles. The molecule has 1 atom stereocenters. The molecule has 0 fully saturated rings. The van der Waals surface area contributed by atoms with Gasteiger partial charge < -0.3 is 14.7 Å². The van der Waals surface area contributed by atoms with Crippen molar-refractivity contribution in [3.63, 3.8) is 0 Å². The summed E-state index contributed by atoms with van der Waals surface area (Å²) in [6.07, 6.45) is -12.6. The Morgan fingerprint density at radius 3 is 2.11 bits per heavy atom. The van der Waals surface area contributed by atoms with E-state index in [4.69, 9.17) is 4.74 Å². The normalized spacial score (nSPS) is 13.0. The standard InChI is InChI=1S/C25H22F7NO2/c1-15-8-16(2)10-21(9-15)35-20-5-3-4-19(12-20)33(14-23(34)25(30,31)32)13-17-11-18(24(27,28)29)6-7-22(17)26/h3-12,23,34H,13-14H2,1-2H3. The number of rotatable bonds is 7. The number of anilines is 1. The Hall–Kier alpha value is -3.27. The number of nitrogens with zero attached hydrogens (tertiary/aromatic N) is 1. The van der Waals surface area contributed by atoms with Gasteiger partial charge in [0.05, 0.1) is 12.1 Å². The molecule has 3 aromatic rings. The third kappa shape index (κ3) is 7.11. The molecule has 0 aromatic heterocycles. The zero-order valence-electron chi connectivity index (χ0n) is 18.7. The summed E-state index contributed by atoms with van der Waals surface area (Å²) in [7, 11) is 0. The van der Waals surface area contributed by atoms with Gasteiger partial charge in [-0.2, -0.15) is 26.3 Å². The van der Waals surface area contributed by atoms with E-state index in [-0.39, 0.29) is 11.4 Å². The molecule has 0 spiro atoms. The van der Waals surface area contributed by atoms with Crippen molar-refractivity contribution in [3.05, 3.63) is 88.7 Å². The van der Waals surface area contributed by atoms with Crippen molar-refractivity contribution >= 4 is 5.69 Å². The quantitative estimate of drug-likeness (QED) is 0.348. The van der Waals surface area contributed by atoms with E-state index in [0.717, 1.165) is 16.0 Å². The Labute approximate surface area is 197 Å². The summed E-state index contributed by atoms with van der Waals surface area (Å²) in [6.45, 7) is 2.03. The summed E-state index contributed by atoms with van der Waals surface area (Å²) in [6, 6.07) is 12.9. The predicted octanol–water partition coefficient (Wildman–Crippen LogP) is 7.18. The van der Waals surface area contributed by atoms with Gasteiger partial charge in [0.2, 0.25) is 0 Å². The molecule has 0 radical (unpaired) electrons. The zero-order chi connectivity index (χ0) is 26.0. The van der Waals surface area contributed by atoms with Crippen molar-refractivity contribution in [1.82, 2.24) is 0 Å². The van der Waals surface area contributed by atoms with Gasteiger partial charge in [0.1, 0.15) is 17.3 Å². The first-order chi connectivity index (χ1) is 16.2. The summed E-state index contributed by atoms with van der Waals surface area (Å²) < 4.78 is 98.7. The van der Waals surface area contributed by atoms with E-state index in [1.54, 1.807) is 18.2 Å². The van der Waals surface area contributed by atoms with Crippen molar-refractivity contribution in [2.45, 2.75) is 38.8 Å². The number of ether oxygens (including phenoxy) is 1. The first-order valence-electron chi connectivity index (χ1n) is 10.4. The third-order valence-electron chi connectivity index (χ3n) is 5.12. The van der Waals surface area contributed by atoms with Crippen molar-refractivity contribution in [2.24, 2.45) is 0 Å². The number of aryl methyl sites for hydroxylation is 2. The average molecular weight is 501 g/mol. The van der Waals surface area contributed by atoms with Crippen molar-refractivity contribution < 1.29 is 40.6 Å². The van der Waals surface area contributed by atoms with Crippen LogP contribution in [0.15, 0.2) is 60.7 Å². The van der Waals surface area contributed by atoms with E-state index < -0.39 is 48.5 Å². The molecule has 3 nitrogen and oxygen atoms in total. The Morgan fingerprint density at radius 1 is 0.857 bits per heavy atom. The van der Waals surface area contributed by atoms with Gasteiger partial charge in [-0.25, -0.2) is 4.39 Å². The molecule has 0 aliphatic heterocycles. The second-order valence-electron chi connectivity index (χ2n) is 8.16. The minimum absolute atomic E-state index is 0.0898. The van der Waals surface area contributed by atoms with Gasteiger partial charge >= 0.3 is 12.4 Å². The molecule has 35 heavy (non-hydrogen) atoms. The number of halogens is 7. The van der Waals surface area contributed by atoms with E-state index in [2.05, 4.69) is 0 Å². The van der Waals surface area contributed by atoms with Crippen LogP contribution >= 0.6 is 0 Å². The number of hydrogen-bond donors (Lipinski definition) is 1. The molecular weight excluding hydrogens is 479 g/mol. The van der Waals surface area contributed by atoms with Gasteiger partial charge in [-0.1, -0.05) is 12.1 Å². The molecule has 1 N–H and O–H groups in total. The van der Waals surface area contributed by atoms with Crippen molar-refractivity contribution in [2.75, 3.05) is 11.4 Å². The molecule has 0 saturated carbocycles. The predicted molar refractivity (Wildman–Crippen MR) is 117 cm³/mol. The lowest BCUT2D eigenvalue weighted by Crippen LogP contribution is -2.41. The molecule has 0 aliphatic rings. The Kier molecular flexibility index (Phi) is 7.64. The maximum atomic E-state index is 14.3. The maximum absolute atomic E-state index is 14.3. The van der Waals surface area contributed by atoms with Gasteiger partial charge in [-0.05, 0) is 67.4 Å². The molecule has 188 valence electrons. The fraction of sp³-hybridized carbons (Fsp3) is 0.280. The average Bonchev–Trinajstić information content (AvgIpc) is 2.72. The second-order valence-corrected chi connectivity index (χ2v) is 8.16. The topological polar surface area (TPSA) is 32.7 Å². The van der Waals surface area contributed by atoms with E-state index in [9.17, 15) is 35.8 Å². The summed E-state index contributed by atoms with van der Waals surface area (Å²) in [5, 5.41) is 9.64. The Balaban J connectivity index is 1.97. The number of hydrogen-bond acceptors (Lipinski definition) is 3. The van der Waals surface area contributed by atoms with Gasteiger partial charge in [0.15, 0.2) is 6.10 Å². The van der Waals surface area contributed by atoms with Crippen LogP contribution in [0, 0.1) is 19.7 Å². The van der Waals surface area contributed by atoms with Crippen molar-refractivity contribution in [3.8, 4) is 11.5 Å². The fourth-order valence-electron chi connectivity index (χ4n) is 3.52. The van der Waals surface area contributed by atoms with E-state index in [0.29, 0.717) is 23.9 Å². The molecule has 0 heterocycles. The number of aliphatic hydroxyl groups excluding tert-OH is 1. The largest absolute Gasteiger partial charge is 0.457 e. The van der Waals surface area contributed by atoms with E-state index in [1.807, 2.05) is 19.9 Å². The Bertz CT molecular complexity index is 1150. The SMILES string of the molecule is Cc1cc(C)cc(Oc2cccc(N(Cc3cc(C(F)(F)F)ccc3F)CC(O)C(F)(F)F)c2)c1. The van der Waals surface area contributed by atoms with Crippen molar-refractivity contribution in [1.29, 1.82) is 0 Å². The number of alkyl halides is 6. The van der Waals surface area contributed by atoms with Crippen LogP contribution in [0.5, 0.6) is 11.5 Å². The third-order valence-corrected chi connectivity index (χ3v) is 5.12. The van der Waals surface area contributed by atoms with Crippen LogP contribution in [-0.2, 0) is 12.7 Å². The maximum Gasteiger partial charge on any atom is 0.416 e. The number of benzene rings is 3. The highest BCUT2D eigenvalue weighted by molar-refractivity contribution is 5.52. The van der Waals surface area contributed by atoms with Crippen LogP contribution < -0.4 is 9.64 Å². The lowest BCUT2D eigenvalue weighted by molar-refractivity contribution is -0.200. The highest BCUT2D eigenvalue weighted by Crippen LogP contribution is 2.33. The fourth-order valence-corrected chi connectivity index (χ4v) is 3.52. The molecule has 0 bridgehead atoms. The van der Waals surface area contributed by atoms with Crippen LogP contribution in [-0.4, -0.2) is 23.9 Å². The lowest BCUT2D eigenvalue weighted by Gasteiger charge is -2.29. The molecule has 10 heteroatoms. The molecule has 3 aromatic carbocycles. The number of aliphatic hydroxyl groups is 1. The summed E-state index contributed by atoms with van der Waals surface area (Å²) in [5.74, 6) is -0.305. The van der Waals surface area contributed by atoms with Gasteiger partial charge in [0.25, 0.3) is 0 Å². The van der Waals surface area contributed by atoms with Crippen LogP contribution in [0.25, 0.3) is 0 Å². The smallest absolute Gasteiger partial charge is 0.416 e. The molecular formula is C25H22F7NO2.